The van der Waals surface area contributed by atoms with Gasteiger partial charge in [-0.1, -0.05) is 72.8 Å². The van der Waals surface area contributed by atoms with E-state index in [4.69, 9.17) is 4.99 Å². The SMILES string of the molecule is C1=c2c(c(-c3ccccc3)cc3c2=Nc2ccccc2-3)-c2ccccc21. The molecule has 0 bridgehead atoms. The Kier molecular flexibility index (Phi) is 2.67. The third-order valence-corrected chi connectivity index (χ3v) is 5.38. The van der Waals surface area contributed by atoms with Crippen molar-refractivity contribution in [2.75, 3.05) is 0 Å². The van der Waals surface area contributed by atoms with Crippen LogP contribution in [-0.4, -0.2) is 0 Å². The van der Waals surface area contributed by atoms with E-state index in [-0.39, 0.29) is 0 Å². The molecular formula is C25H15N. The zero-order chi connectivity index (χ0) is 17.1. The highest BCUT2D eigenvalue weighted by molar-refractivity contribution is 5.96. The molecule has 0 saturated carbocycles. The number of benzene rings is 4. The van der Waals surface area contributed by atoms with E-state index in [2.05, 4.69) is 91.0 Å². The zero-order valence-electron chi connectivity index (χ0n) is 14.1. The highest BCUT2D eigenvalue weighted by Gasteiger charge is 2.23. The molecule has 0 radical (unpaired) electrons. The van der Waals surface area contributed by atoms with E-state index >= 15 is 0 Å². The number of para-hydroxylation sites is 1. The van der Waals surface area contributed by atoms with Gasteiger partial charge in [-0.3, -0.25) is 0 Å². The van der Waals surface area contributed by atoms with Crippen LogP contribution in [0.1, 0.15) is 5.56 Å². The van der Waals surface area contributed by atoms with Crippen molar-refractivity contribution in [2.24, 2.45) is 4.99 Å². The molecule has 0 amide bonds. The van der Waals surface area contributed by atoms with Crippen LogP contribution >= 0.6 is 0 Å². The van der Waals surface area contributed by atoms with Gasteiger partial charge in [-0.15, -0.1) is 0 Å². The minimum absolute atomic E-state index is 1.07. The minimum atomic E-state index is 1.07. The standard InChI is InChI=1S/C25H15N/c1-2-8-16(9-3-1)20-15-21-19-12-6-7-13-23(19)26-25(21)22-14-17-10-4-5-11-18(17)24(20)22/h1-15H. The Labute approximate surface area is 151 Å². The Morgan fingerprint density at radius 1 is 0.577 bits per heavy atom. The molecule has 1 heterocycles. The van der Waals surface area contributed by atoms with Gasteiger partial charge in [-0.2, -0.15) is 0 Å². The Morgan fingerprint density at radius 2 is 1.31 bits per heavy atom. The summed E-state index contributed by atoms with van der Waals surface area (Å²) >= 11 is 0. The highest BCUT2D eigenvalue weighted by atomic mass is 14.8. The van der Waals surface area contributed by atoms with Crippen LogP contribution in [0.4, 0.5) is 5.69 Å². The van der Waals surface area contributed by atoms with Gasteiger partial charge in [0.15, 0.2) is 0 Å². The number of rotatable bonds is 1. The van der Waals surface area contributed by atoms with Crippen molar-refractivity contribution in [1.29, 1.82) is 0 Å². The lowest BCUT2D eigenvalue weighted by molar-refractivity contribution is 1.38. The molecule has 0 atom stereocenters. The Balaban J connectivity index is 1.80. The van der Waals surface area contributed by atoms with E-state index in [0.717, 1.165) is 11.0 Å². The smallest absolute Gasteiger partial charge is 0.0795 e. The van der Waals surface area contributed by atoms with Gasteiger partial charge in [0.05, 0.1) is 11.0 Å². The van der Waals surface area contributed by atoms with Crippen molar-refractivity contribution in [3.63, 3.8) is 0 Å². The molecule has 0 fully saturated rings. The van der Waals surface area contributed by atoms with Gasteiger partial charge < -0.3 is 0 Å². The lowest BCUT2D eigenvalue weighted by Gasteiger charge is -2.11. The second-order valence-corrected chi connectivity index (χ2v) is 6.84. The van der Waals surface area contributed by atoms with E-state index in [0.29, 0.717) is 0 Å². The summed E-state index contributed by atoms with van der Waals surface area (Å²) in [7, 11) is 0. The summed E-state index contributed by atoms with van der Waals surface area (Å²) in [5.41, 5.74) is 9.96. The summed E-state index contributed by atoms with van der Waals surface area (Å²) in [6.07, 6.45) is 2.30. The molecule has 26 heavy (non-hydrogen) atoms. The molecule has 6 rings (SSSR count). The molecule has 0 aromatic heterocycles. The summed E-state index contributed by atoms with van der Waals surface area (Å²) in [5, 5.41) is 2.36. The zero-order valence-corrected chi connectivity index (χ0v) is 14.1. The van der Waals surface area contributed by atoms with Crippen LogP contribution in [0.15, 0.2) is 89.9 Å². The molecular weight excluding hydrogens is 314 g/mol. The Bertz CT molecular complexity index is 1310. The largest absolute Gasteiger partial charge is 0.247 e. The average Bonchev–Trinajstić information content (AvgIpc) is 3.27. The fourth-order valence-electron chi connectivity index (χ4n) is 4.22. The molecule has 1 aliphatic heterocycles. The van der Waals surface area contributed by atoms with Gasteiger partial charge in [-0.05, 0) is 46.0 Å². The average molecular weight is 329 g/mol. The lowest BCUT2D eigenvalue weighted by Crippen LogP contribution is -2.26. The normalized spacial score (nSPS) is 12.5. The molecule has 0 saturated heterocycles. The lowest BCUT2D eigenvalue weighted by atomic mass is 9.91. The van der Waals surface area contributed by atoms with Crippen LogP contribution in [0.2, 0.25) is 0 Å². The maximum Gasteiger partial charge on any atom is 0.0795 e. The quantitative estimate of drug-likeness (QED) is 0.398. The first kappa shape index (κ1) is 13.8. The molecule has 1 heteroatoms. The molecule has 0 unspecified atom stereocenters. The van der Waals surface area contributed by atoms with Crippen molar-refractivity contribution < 1.29 is 0 Å². The third-order valence-electron chi connectivity index (χ3n) is 5.38. The van der Waals surface area contributed by atoms with Crippen molar-refractivity contribution in [3.05, 3.63) is 101 Å². The predicted octanol–water partition coefficient (Wildman–Crippen LogP) is 5.09. The second-order valence-electron chi connectivity index (χ2n) is 6.84. The number of hydrogen-bond donors (Lipinski definition) is 0. The molecule has 0 spiro atoms. The fraction of sp³-hybridized carbons (Fsp3) is 0. The Morgan fingerprint density at radius 3 is 2.19 bits per heavy atom. The molecule has 4 aromatic carbocycles. The number of nitrogens with zero attached hydrogens (tertiary/aromatic N) is 1. The predicted molar refractivity (Wildman–Crippen MR) is 107 cm³/mol. The third kappa shape index (κ3) is 1.77. The summed E-state index contributed by atoms with van der Waals surface area (Å²) in [4.78, 5) is 4.97. The summed E-state index contributed by atoms with van der Waals surface area (Å²) in [5.74, 6) is 0. The molecule has 1 nitrogen and oxygen atoms in total. The first-order valence-electron chi connectivity index (χ1n) is 8.92. The van der Waals surface area contributed by atoms with Gasteiger partial charge in [-0.25, -0.2) is 4.99 Å². The van der Waals surface area contributed by atoms with Crippen LogP contribution in [0.25, 0.3) is 39.5 Å². The maximum atomic E-state index is 4.97. The van der Waals surface area contributed by atoms with Crippen LogP contribution in [0.5, 0.6) is 0 Å². The molecule has 4 aromatic rings. The van der Waals surface area contributed by atoms with E-state index in [1.54, 1.807) is 0 Å². The van der Waals surface area contributed by atoms with Gasteiger partial charge in [0.2, 0.25) is 0 Å². The molecule has 0 N–H and O–H groups in total. The maximum absolute atomic E-state index is 4.97. The summed E-state index contributed by atoms with van der Waals surface area (Å²) in [6, 6.07) is 30.1. The van der Waals surface area contributed by atoms with Crippen molar-refractivity contribution in [2.45, 2.75) is 0 Å². The van der Waals surface area contributed by atoms with E-state index < -0.39 is 0 Å². The van der Waals surface area contributed by atoms with Gasteiger partial charge in [0.25, 0.3) is 0 Å². The van der Waals surface area contributed by atoms with E-state index in [9.17, 15) is 0 Å². The van der Waals surface area contributed by atoms with Crippen LogP contribution in [-0.2, 0) is 0 Å². The number of hydrogen-bond acceptors (Lipinski definition) is 1. The molecule has 2 aliphatic rings. The minimum Gasteiger partial charge on any atom is -0.247 e. The van der Waals surface area contributed by atoms with Crippen LogP contribution in [0.3, 0.4) is 0 Å². The molecule has 1 aliphatic carbocycles. The van der Waals surface area contributed by atoms with Crippen LogP contribution < -0.4 is 10.6 Å². The van der Waals surface area contributed by atoms with E-state index in [1.807, 2.05) is 0 Å². The van der Waals surface area contributed by atoms with Gasteiger partial charge in [0.1, 0.15) is 0 Å². The number of fused-ring (bicyclic) bond motifs is 7. The van der Waals surface area contributed by atoms with E-state index in [1.165, 1.54) is 44.2 Å². The van der Waals surface area contributed by atoms with Crippen molar-refractivity contribution in [1.82, 2.24) is 0 Å². The summed E-state index contributed by atoms with van der Waals surface area (Å²) in [6.45, 7) is 0. The Hall–Kier alpha value is -3.45. The topological polar surface area (TPSA) is 12.4 Å². The van der Waals surface area contributed by atoms with Crippen molar-refractivity contribution in [3.8, 4) is 33.4 Å². The molecule has 120 valence electrons. The first-order chi connectivity index (χ1) is 12.9. The summed E-state index contributed by atoms with van der Waals surface area (Å²) < 4.78 is 0. The first-order valence-corrected chi connectivity index (χ1v) is 8.92. The van der Waals surface area contributed by atoms with Crippen molar-refractivity contribution >= 4 is 11.8 Å². The second kappa shape index (κ2) is 5.03. The van der Waals surface area contributed by atoms with Crippen LogP contribution in [0, 0.1) is 0 Å². The monoisotopic (exact) mass is 329 g/mol. The fourth-order valence-corrected chi connectivity index (χ4v) is 4.22. The highest BCUT2D eigenvalue weighted by Crippen LogP contribution is 2.39. The van der Waals surface area contributed by atoms with Gasteiger partial charge >= 0.3 is 0 Å². The van der Waals surface area contributed by atoms with Gasteiger partial charge in [0, 0.05) is 16.3 Å².